The highest BCUT2D eigenvalue weighted by Crippen LogP contribution is 2.09. The highest BCUT2D eigenvalue weighted by atomic mass is 16.2. The molecule has 22 heavy (non-hydrogen) atoms. The topological polar surface area (TPSA) is 61.4 Å². The SMILES string of the molecule is CCN(CC)CCCNC(=O)Cc1ccc(NC(C)=O)cc1. The van der Waals surface area contributed by atoms with Gasteiger partial charge < -0.3 is 15.5 Å². The zero-order valence-corrected chi connectivity index (χ0v) is 13.8. The fourth-order valence-electron chi connectivity index (χ4n) is 2.23. The normalized spacial score (nSPS) is 10.5. The molecular weight excluding hydrogens is 278 g/mol. The molecule has 0 spiro atoms. The number of hydrogen-bond acceptors (Lipinski definition) is 3. The highest BCUT2D eigenvalue weighted by Gasteiger charge is 2.04. The third-order valence-corrected chi connectivity index (χ3v) is 3.51. The number of rotatable bonds is 9. The first kappa shape index (κ1) is 18.2. The lowest BCUT2D eigenvalue weighted by molar-refractivity contribution is -0.120. The van der Waals surface area contributed by atoms with Gasteiger partial charge in [-0.05, 0) is 43.8 Å². The number of carbonyl (C=O) groups is 2. The summed E-state index contributed by atoms with van der Waals surface area (Å²) in [7, 11) is 0. The van der Waals surface area contributed by atoms with Gasteiger partial charge in [0.25, 0.3) is 0 Å². The molecule has 0 radical (unpaired) electrons. The van der Waals surface area contributed by atoms with E-state index >= 15 is 0 Å². The van der Waals surface area contributed by atoms with E-state index in [1.165, 1.54) is 6.92 Å². The van der Waals surface area contributed by atoms with E-state index in [2.05, 4.69) is 29.4 Å². The minimum absolute atomic E-state index is 0.0341. The molecule has 0 unspecified atom stereocenters. The summed E-state index contributed by atoms with van der Waals surface area (Å²) in [6.07, 6.45) is 1.33. The minimum Gasteiger partial charge on any atom is -0.356 e. The molecule has 1 aromatic carbocycles. The van der Waals surface area contributed by atoms with Crippen molar-refractivity contribution >= 4 is 17.5 Å². The Bertz CT molecular complexity index is 467. The van der Waals surface area contributed by atoms with Crippen molar-refractivity contribution in [3.8, 4) is 0 Å². The number of benzene rings is 1. The molecule has 122 valence electrons. The van der Waals surface area contributed by atoms with Crippen molar-refractivity contribution < 1.29 is 9.59 Å². The van der Waals surface area contributed by atoms with Gasteiger partial charge in [0.05, 0.1) is 6.42 Å². The second-order valence-electron chi connectivity index (χ2n) is 5.29. The molecule has 2 N–H and O–H groups in total. The van der Waals surface area contributed by atoms with Crippen LogP contribution in [0.1, 0.15) is 32.8 Å². The lowest BCUT2D eigenvalue weighted by Crippen LogP contribution is -2.30. The Hall–Kier alpha value is -1.88. The molecule has 0 fully saturated rings. The van der Waals surface area contributed by atoms with E-state index in [-0.39, 0.29) is 11.8 Å². The van der Waals surface area contributed by atoms with Crippen LogP contribution in [-0.2, 0) is 16.0 Å². The summed E-state index contributed by atoms with van der Waals surface area (Å²) < 4.78 is 0. The number of nitrogens with zero attached hydrogens (tertiary/aromatic N) is 1. The van der Waals surface area contributed by atoms with Gasteiger partial charge in [0.1, 0.15) is 0 Å². The van der Waals surface area contributed by atoms with Gasteiger partial charge in [-0.25, -0.2) is 0 Å². The molecule has 2 amide bonds. The van der Waals surface area contributed by atoms with E-state index in [0.717, 1.165) is 37.3 Å². The van der Waals surface area contributed by atoms with Crippen molar-refractivity contribution in [2.24, 2.45) is 0 Å². The van der Waals surface area contributed by atoms with E-state index in [0.29, 0.717) is 13.0 Å². The van der Waals surface area contributed by atoms with E-state index in [1.807, 2.05) is 24.3 Å². The van der Waals surface area contributed by atoms with Gasteiger partial charge in [-0.1, -0.05) is 26.0 Å². The molecule has 0 saturated carbocycles. The number of hydrogen-bond donors (Lipinski definition) is 2. The lowest BCUT2D eigenvalue weighted by Gasteiger charge is -2.17. The molecule has 0 aliphatic rings. The van der Waals surface area contributed by atoms with Gasteiger partial charge in [0.15, 0.2) is 0 Å². The van der Waals surface area contributed by atoms with E-state index in [4.69, 9.17) is 0 Å². The largest absolute Gasteiger partial charge is 0.356 e. The van der Waals surface area contributed by atoms with Crippen LogP contribution in [-0.4, -0.2) is 42.9 Å². The Kier molecular flexibility index (Phi) is 8.22. The molecule has 1 rings (SSSR count). The molecule has 5 nitrogen and oxygen atoms in total. The van der Waals surface area contributed by atoms with Gasteiger partial charge in [-0.2, -0.15) is 0 Å². The zero-order chi connectivity index (χ0) is 16.4. The number of anilines is 1. The lowest BCUT2D eigenvalue weighted by atomic mass is 10.1. The summed E-state index contributed by atoms with van der Waals surface area (Å²) >= 11 is 0. The summed E-state index contributed by atoms with van der Waals surface area (Å²) in [5, 5.41) is 5.65. The van der Waals surface area contributed by atoms with Crippen molar-refractivity contribution in [1.82, 2.24) is 10.2 Å². The number of amides is 2. The predicted molar refractivity (Wildman–Crippen MR) is 89.9 cm³/mol. The quantitative estimate of drug-likeness (QED) is 0.686. The van der Waals surface area contributed by atoms with Gasteiger partial charge in [0.2, 0.25) is 11.8 Å². The first-order chi connectivity index (χ1) is 10.5. The second kappa shape index (κ2) is 9.95. The molecular formula is C17H27N3O2. The molecule has 0 aliphatic carbocycles. The second-order valence-corrected chi connectivity index (χ2v) is 5.29. The maximum absolute atomic E-state index is 11.9. The molecule has 1 aromatic rings. The summed E-state index contributed by atoms with van der Waals surface area (Å²) in [4.78, 5) is 25.1. The van der Waals surface area contributed by atoms with Crippen LogP contribution < -0.4 is 10.6 Å². The first-order valence-electron chi connectivity index (χ1n) is 7.90. The Morgan fingerprint density at radius 1 is 1.09 bits per heavy atom. The van der Waals surface area contributed by atoms with Crippen LogP contribution in [0, 0.1) is 0 Å². The van der Waals surface area contributed by atoms with Crippen LogP contribution in [0.4, 0.5) is 5.69 Å². The molecule has 5 heteroatoms. The zero-order valence-electron chi connectivity index (χ0n) is 13.8. The maximum atomic E-state index is 11.9. The summed E-state index contributed by atoms with van der Waals surface area (Å²) in [6, 6.07) is 7.34. The Labute approximate surface area is 133 Å². The number of carbonyl (C=O) groups excluding carboxylic acids is 2. The van der Waals surface area contributed by atoms with Crippen molar-refractivity contribution in [3.63, 3.8) is 0 Å². The van der Waals surface area contributed by atoms with Crippen molar-refractivity contribution in [3.05, 3.63) is 29.8 Å². The van der Waals surface area contributed by atoms with E-state index in [1.54, 1.807) is 0 Å². The minimum atomic E-state index is -0.0984. The van der Waals surface area contributed by atoms with Crippen molar-refractivity contribution in [2.45, 2.75) is 33.6 Å². The third-order valence-electron chi connectivity index (χ3n) is 3.51. The Morgan fingerprint density at radius 2 is 1.73 bits per heavy atom. The van der Waals surface area contributed by atoms with Crippen LogP contribution in [0.15, 0.2) is 24.3 Å². The van der Waals surface area contributed by atoms with Crippen molar-refractivity contribution in [1.29, 1.82) is 0 Å². The van der Waals surface area contributed by atoms with Crippen LogP contribution in [0.25, 0.3) is 0 Å². The maximum Gasteiger partial charge on any atom is 0.224 e. The summed E-state index contributed by atoms with van der Waals surface area (Å²) in [5.41, 5.74) is 1.69. The molecule has 0 saturated heterocycles. The standard InChI is InChI=1S/C17H27N3O2/c1-4-20(5-2)12-6-11-18-17(22)13-15-7-9-16(10-8-15)19-14(3)21/h7-10H,4-6,11-13H2,1-3H3,(H,18,22)(H,19,21). The van der Waals surface area contributed by atoms with Gasteiger partial charge in [0, 0.05) is 19.2 Å². The fraction of sp³-hybridized carbons (Fsp3) is 0.529. The third kappa shape index (κ3) is 7.22. The van der Waals surface area contributed by atoms with Crippen LogP contribution in [0.3, 0.4) is 0 Å². The molecule has 0 bridgehead atoms. The molecule has 0 aliphatic heterocycles. The van der Waals surface area contributed by atoms with Crippen LogP contribution >= 0.6 is 0 Å². The summed E-state index contributed by atoms with van der Waals surface area (Å²) in [5.74, 6) is -0.0643. The van der Waals surface area contributed by atoms with Crippen LogP contribution in [0.2, 0.25) is 0 Å². The molecule has 0 heterocycles. The van der Waals surface area contributed by atoms with E-state index in [9.17, 15) is 9.59 Å². The Balaban J connectivity index is 2.28. The smallest absolute Gasteiger partial charge is 0.224 e. The molecule has 0 atom stereocenters. The monoisotopic (exact) mass is 305 g/mol. The first-order valence-corrected chi connectivity index (χ1v) is 7.90. The Morgan fingerprint density at radius 3 is 2.27 bits per heavy atom. The van der Waals surface area contributed by atoms with Crippen LogP contribution in [0.5, 0.6) is 0 Å². The van der Waals surface area contributed by atoms with Gasteiger partial charge in [-0.3, -0.25) is 9.59 Å². The average Bonchev–Trinajstić information content (AvgIpc) is 2.49. The summed E-state index contributed by atoms with van der Waals surface area (Å²) in [6.45, 7) is 9.58. The van der Waals surface area contributed by atoms with Crippen molar-refractivity contribution in [2.75, 3.05) is 31.5 Å². The predicted octanol–water partition coefficient (Wildman–Crippen LogP) is 2.04. The number of nitrogens with one attached hydrogen (secondary N) is 2. The van der Waals surface area contributed by atoms with Gasteiger partial charge in [-0.15, -0.1) is 0 Å². The molecule has 0 aromatic heterocycles. The van der Waals surface area contributed by atoms with E-state index < -0.39 is 0 Å². The van der Waals surface area contributed by atoms with Gasteiger partial charge >= 0.3 is 0 Å². The fourth-order valence-corrected chi connectivity index (χ4v) is 2.23. The highest BCUT2D eigenvalue weighted by molar-refractivity contribution is 5.88. The average molecular weight is 305 g/mol.